The van der Waals surface area contributed by atoms with Gasteiger partial charge in [-0.1, -0.05) is 65.7 Å². The fourth-order valence-electron chi connectivity index (χ4n) is 4.06. The first-order valence-electron chi connectivity index (χ1n) is 10.5. The summed E-state index contributed by atoms with van der Waals surface area (Å²) in [5.41, 5.74) is 3.04. The van der Waals surface area contributed by atoms with Gasteiger partial charge < -0.3 is 4.90 Å². The zero-order valence-electron chi connectivity index (χ0n) is 17.9. The molecule has 0 unspecified atom stereocenters. The van der Waals surface area contributed by atoms with E-state index >= 15 is 0 Å². The standard InChI is InChI=1S/C26H21Cl2N3OS/c1-17(19-5-3-2-4-6-19)30-16-21(13-18-7-10-22(27)11-8-18)25(32)31(26(30)33)23-12-9-20(15-29)24(28)14-23/h2-12,14,17,21H,13,16H2,1H3/t17-,21+/m1/s1. The number of rotatable bonds is 5. The van der Waals surface area contributed by atoms with Crippen LogP contribution >= 0.6 is 35.4 Å². The van der Waals surface area contributed by atoms with Gasteiger partial charge in [0.25, 0.3) is 0 Å². The largest absolute Gasteiger partial charge is 0.341 e. The predicted octanol–water partition coefficient (Wildman–Crippen LogP) is 6.42. The molecule has 0 radical (unpaired) electrons. The Hall–Kier alpha value is -2.91. The molecule has 3 aromatic rings. The van der Waals surface area contributed by atoms with Crippen LogP contribution in [-0.2, 0) is 11.2 Å². The number of carbonyl (C=O) groups is 1. The highest BCUT2D eigenvalue weighted by Crippen LogP contribution is 2.33. The lowest BCUT2D eigenvalue weighted by atomic mass is 9.94. The minimum Gasteiger partial charge on any atom is -0.341 e. The number of nitriles is 1. The van der Waals surface area contributed by atoms with Crippen molar-refractivity contribution in [3.8, 4) is 6.07 Å². The molecule has 166 valence electrons. The lowest BCUT2D eigenvalue weighted by Gasteiger charge is -2.44. The highest BCUT2D eigenvalue weighted by Gasteiger charge is 2.39. The normalized spacial score (nSPS) is 17.1. The topological polar surface area (TPSA) is 47.3 Å². The summed E-state index contributed by atoms with van der Waals surface area (Å²) < 4.78 is 0. The van der Waals surface area contributed by atoms with Crippen molar-refractivity contribution in [2.45, 2.75) is 19.4 Å². The number of anilines is 1. The molecular weight excluding hydrogens is 473 g/mol. The highest BCUT2D eigenvalue weighted by molar-refractivity contribution is 7.80. The van der Waals surface area contributed by atoms with Crippen molar-refractivity contribution in [3.05, 3.63) is 99.5 Å². The lowest BCUT2D eigenvalue weighted by Crippen LogP contribution is -2.57. The summed E-state index contributed by atoms with van der Waals surface area (Å²) in [5.74, 6) is -0.411. The number of nitrogens with zero attached hydrogens (tertiary/aromatic N) is 3. The van der Waals surface area contributed by atoms with Crippen LogP contribution < -0.4 is 4.90 Å². The summed E-state index contributed by atoms with van der Waals surface area (Å²) >= 11 is 18.2. The van der Waals surface area contributed by atoms with Crippen LogP contribution in [0.2, 0.25) is 10.0 Å². The molecule has 0 saturated carbocycles. The van der Waals surface area contributed by atoms with E-state index in [1.54, 1.807) is 23.1 Å². The van der Waals surface area contributed by atoms with Gasteiger partial charge in [0.15, 0.2) is 5.11 Å². The molecule has 3 aromatic carbocycles. The third kappa shape index (κ3) is 4.89. The molecule has 4 rings (SSSR count). The molecule has 7 heteroatoms. The van der Waals surface area contributed by atoms with Crippen LogP contribution in [-0.4, -0.2) is 22.5 Å². The van der Waals surface area contributed by atoms with Crippen molar-refractivity contribution in [1.29, 1.82) is 5.26 Å². The van der Waals surface area contributed by atoms with E-state index in [1.165, 1.54) is 0 Å². The SMILES string of the molecule is C[C@H](c1ccccc1)N1C[C@H](Cc2ccc(Cl)cc2)C(=O)N(c2ccc(C#N)c(Cl)c2)C1=S. The number of thiocarbonyl (C=S) groups is 1. The maximum absolute atomic E-state index is 13.7. The molecule has 0 N–H and O–H groups in total. The van der Waals surface area contributed by atoms with Gasteiger partial charge in [-0.15, -0.1) is 0 Å². The van der Waals surface area contributed by atoms with Gasteiger partial charge in [0.2, 0.25) is 5.91 Å². The van der Waals surface area contributed by atoms with Crippen LogP contribution in [0.25, 0.3) is 0 Å². The fraction of sp³-hybridized carbons (Fsp3) is 0.192. The van der Waals surface area contributed by atoms with Gasteiger partial charge in [-0.3, -0.25) is 9.69 Å². The fourth-order valence-corrected chi connectivity index (χ4v) is 4.83. The Morgan fingerprint density at radius 1 is 1.09 bits per heavy atom. The molecule has 2 atom stereocenters. The molecule has 0 aromatic heterocycles. The van der Waals surface area contributed by atoms with Gasteiger partial charge in [0.1, 0.15) is 6.07 Å². The number of hydrogen-bond donors (Lipinski definition) is 0. The first-order chi connectivity index (χ1) is 15.9. The first-order valence-corrected chi connectivity index (χ1v) is 11.7. The van der Waals surface area contributed by atoms with Crippen molar-refractivity contribution in [2.75, 3.05) is 11.4 Å². The second-order valence-electron chi connectivity index (χ2n) is 8.00. The van der Waals surface area contributed by atoms with E-state index in [9.17, 15) is 10.1 Å². The van der Waals surface area contributed by atoms with Gasteiger partial charge in [0.05, 0.1) is 28.2 Å². The van der Waals surface area contributed by atoms with Crippen molar-refractivity contribution in [1.82, 2.24) is 4.90 Å². The predicted molar refractivity (Wildman–Crippen MR) is 136 cm³/mol. The number of halogens is 2. The minimum absolute atomic E-state index is 0.0316. The summed E-state index contributed by atoms with van der Waals surface area (Å²) in [4.78, 5) is 17.3. The van der Waals surface area contributed by atoms with E-state index in [0.29, 0.717) is 34.4 Å². The molecule has 1 aliphatic rings. The highest BCUT2D eigenvalue weighted by atomic mass is 35.5. The summed E-state index contributed by atoms with van der Waals surface area (Å²) in [5, 5.41) is 10.6. The van der Waals surface area contributed by atoms with Crippen LogP contribution in [0.4, 0.5) is 5.69 Å². The second kappa shape index (κ2) is 9.93. The molecular formula is C26H21Cl2N3OS. The third-order valence-electron chi connectivity index (χ3n) is 5.90. The maximum atomic E-state index is 13.7. The van der Waals surface area contributed by atoms with E-state index in [-0.39, 0.29) is 22.9 Å². The molecule has 33 heavy (non-hydrogen) atoms. The molecule has 1 saturated heterocycles. The molecule has 1 aliphatic heterocycles. The molecule has 0 aliphatic carbocycles. The van der Waals surface area contributed by atoms with E-state index in [2.05, 4.69) is 30.0 Å². The van der Waals surface area contributed by atoms with Gasteiger partial charge in [-0.2, -0.15) is 5.26 Å². The Bertz CT molecular complexity index is 1220. The van der Waals surface area contributed by atoms with E-state index < -0.39 is 0 Å². The Morgan fingerprint density at radius 3 is 2.42 bits per heavy atom. The van der Waals surface area contributed by atoms with Gasteiger partial charge in [0, 0.05) is 11.6 Å². The molecule has 1 fully saturated rings. The van der Waals surface area contributed by atoms with E-state index in [1.807, 2.05) is 42.5 Å². The van der Waals surface area contributed by atoms with Crippen LogP contribution in [0, 0.1) is 17.2 Å². The summed E-state index contributed by atoms with van der Waals surface area (Å²) in [6.45, 7) is 2.58. The molecule has 1 heterocycles. The number of carbonyl (C=O) groups excluding carboxylic acids is 1. The molecule has 0 spiro atoms. The lowest BCUT2D eigenvalue weighted by molar-refractivity contribution is -0.123. The van der Waals surface area contributed by atoms with Crippen molar-refractivity contribution in [3.63, 3.8) is 0 Å². The van der Waals surface area contributed by atoms with Crippen LogP contribution in [0.3, 0.4) is 0 Å². The van der Waals surface area contributed by atoms with E-state index in [4.69, 9.17) is 35.4 Å². The summed E-state index contributed by atoms with van der Waals surface area (Å²) in [7, 11) is 0. The Labute approximate surface area is 208 Å². The third-order valence-corrected chi connectivity index (χ3v) is 6.88. The summed E-state index contributed by atoms with van der Waals surface area (Å²) in [6, 6.07) is 24.6. The zero-order valence-corrected chi connectivity index (χ0v) is 20.2. The monoisotopic (exact) mass is 493 g/mol. The van der Waals surface area contributed by atoms with Crippen LogP contribution in [0.15, 0.2) is 72.8 Å². The number of benzene rings is 3. The van der Waals surface area contributed by atoms with Crippen LogP contribution in [0.1, 0.15) is 29.7 Å². The second-order valence-corrected chi connectivity index (χ2v) is 9.21. The van der Waals surface area contributed by atoms with E-state index in [0.717, 1.165) is 11.1 Å². The quantitative estimate of drug-likeness (QED) is 0.384. The number of amides is 1. The first kappa shape index (κ1) is 23.3. The molecule has 1 amide bonds. The average molecular weight is 494 g/mol. The van der Waals surface area contributed by atoms with Gasteiger partial charge >= 0.3 is 0 Å². The maximum Gasteiger partial charge on any atom is 0.238 e. The number of hydrogen-bond acceptors (Lipinski definition) is 3. The smallest absolute Gasteiger partial charge is 0.238 e. The Kier molecular flexibility index (Phi) is 6.99. The van der Waals surface area contributed by atoms with Crippen molar-refractivity contribution < 1.29 is 4.79 Å². The Morgan fingerprint density at radius 2 is 1.79 bits per heavy atom. The molecule has 0 bridgehead atoms. The van der Waals surface area contributed by atoms with Gasteiger partial charge in [-0.25, -0.2) is 0 Å². The van der Waals surface area contributed by atoms with Crippen molar-refractivity contribution in [2.24, 2.45) is 5.92 Å². The Balaban J connectivity index is 1.72. The van der Waals surface area contributed by atoms with Crippen molar-refractivity contribution >= 4 is 52.1 Å². The minimum atomic E-state index is -0.321. The van der Waals surface area contributed by atoms with Gasteiger partial charge in [-0.05, 0) is 67.0 Å². The average Bonchev–Trinajstić information content (AvgIpc) is 2.82. The zero-order chi connectivity index (χ0) is 23.5. The molecule has 4 nitrogen and oxygen atoms in total. The van der Waals surface area contributed by atoms with Crippen LogP contribution in [0.5, 0.6) is 0 Å². The summed E-state index contributed by atoms with van der Waals surface area (Å²) in [6.07, 6.45) is 0.553.